The average Bonchev–Trinajstić information content (AvgIpc) is 3.02. The summed E-state index contributed by atoms with van der Waals surface area (Å²) in [5.41, 5.74) is 0.766. The third-order valence-electron chi connectivity index (χ3n) is 3.62. The molecule has 0 saturated carbocycles. The third kappa shape index (κ3) is 4.69. The Morgan fingerprint density at radius 3 is 2.35 bits per heavy atom. The molecule has 0 aliphatic carbocycles. The van der Waals surface area contributed by atoms with Gasteiger partial charge in [-0.2, -0.15) is 13.2 Å². The van der Waals surface area contributed by atoms with E-state index in [1.54, 1.807) is 4.68 Å². The van der Waals surface area contributed by atoms with Crippen LogP contribution in [0.4, 0.5) is 19.1 Å². The molecule has 1 N–H and O–H groups in total. The van der Waals surface area contributed by atoms with Gasteiger partial charge in [0, 0.05) is 0 Å². The molecule has 0 spiro atoms. The Kier molecular flexibility index (Phi) is 5.01. The minimum Gasteiger partial charge on any atom is -0.293 e. The zero-order chi connectivity index (χ0) is 18.6. The van der Waals surface area contributed by atoms with Crippen LogP contribution in [-0.4, -0.2) is 20.7 Å². The van der Waals surface area contributed by atoms with Crippen LogP contribution in [-0.2, 0) is 23.9 Å². The molecule has 1 heterocycles. The van der Waals surface area contributed by atoms with Crippen molar-refractivity contribution in [2.75, 3.05) is 5.32 Å². The zero-order valence-corrected chi connectivity index (χ0v) is 13.6. The van der Waals surface area contributed by atoms with Crippen molar-refractivity contribution in [1.82, 2.24) is 14.8 Å². The smallest absolute Gasteiger partial charge is 0.293 e. The fourth-order valence-electron chi connectivity index (χ4n) is 2.36. The summed E-state index contributed by atoms with van der Waals surface area (Å²) in [6.45, 7) is 0.516. The molecule has 26 heavy (non-hydrogen) atoms. The maximum absolute atomic E-state index is 12.5. The molecule has 0 saturated heterocycles. The Morgan fingerprint density at radius 2 is 1.69 bits per heavy atom. The molecule has 0 unspecified atom stereocenters. The molecule has 2 aromatic carbocycles. The van der Waals surface area contributed by atoms with Crippen LogP contribution in [0.2, 0.25) is 0 Å². The van der Waals surface area contributed by atoms with Gasteiger partial charge in [0.2, 0.25) is 11.9 Å². The van der Waals surface area contributed by atoms with Crippen molar-refractivity contribution in [2.45, 2.75) is 19.1 Å². The van der Waals surface area contributed by atoms with Crippen LogP contribution in [0.5, 0.6) is 0 Å². The van der Waals surface area contributed by atoms with Gasteiger partial charge in [-0.05, 0) is 23.3 Å². The van der Waals surface area contributed by atoms with Gasteiger partial charge in [-0.3, -0.25) is 10.1 Å². The molecule has 0 atom stereocenters. The Labute approximate surface area is 147 Å². The third-order valence-corrected chi connectivity index (χ3v) is 3.62. The van der Waals surface area contributed by atoms with Crippen LogP contribution in [0, 0.1) is 0 Å². The van der Waals surface area contributed by atoms with Crippen molar-refractivity contribution >= 4 is 11.9 Å². The number of rotatable bonds is 5. The van der Waals surface area contributed by atoms with Gasteiger partial charge in [-0.15, -0.1) is 5.10 Å². The Hall–Kier alpha value is -3.16. The van der Waals surface area contributed by atoms with Crippen LogP contribution in [0.15, 0.2) is 60.9 Å². The molecule has 5 nitrogen and oxygen atoms in total. The Morgan fingerprint density at radius 1 is 1.00 bits per heavy atom. The molecule has 0 aliphatic rings. The van der Waals surface area contributed by atoms with E-state index in [1.807, 2.05) is 30.3 Å². The minimum absolute atomic E-state index is 0.0641. The molecular formula is C18H15F3N4O. The van der Waals surface area contributed by atoms with Crippen molar-refractivity contribution in [2.24, 2.45) is 0 Å². The fraction of sp³-hybridized carbons (Fsp3) is 0.167. The highest BCUT2D eigenvalue weighted by molar-refractivity contribution is 5.90. The van der Waals surface area contributed by atoms with Gasteiger partial charge in [0.05, 0.1) is 18.5 Å². The number of alkyl halides is 3. The van der Waals surface area contributed by atoms with E-state index in [0.717, 1.165) is 17.7 Å². The van der Waals surface area contributed by atoms with Crippen molar-refractivity contribution in [3.05, 3.63) is 77.6 Å². The predicted octanol–water partition coefficient (Wildman–Crippen LogP) is 3.53. The van der Waals surface area contributed by atoms with Gasteiger partial charge in [-0.25, -0.2) is 9.67 Å². The maximum atomic E-state index is 12.5. The lowest BCUT2D eigenvalue weighted by Crippen LogP contribution is -2.16. The number of nitrogens with zero attached hydrogens (tertiary/aromatic N) is 3. The topological polar surface area (TPSA) is 59.8 Å². The second-order valence-corrected chi connectivity index (χ2v) is 5.67. The number of carbonyl (C=O) groups is 1. The molecular weight excluding hydrogens is 345 g/mol. The Bertz CT molecular complexity index is 873. The summed E-state index contributed by atoms with van der Waals surface area (Å²) in [7, 11) is 0. The first-order chi connectivity index (χ1) is 12.4. The highest BCUT2D eigenvalue weighted by atomic mass is 19.4. The molecule has 1 aromatic heterocycles. The van der Waals surface area contributed by atoms with Crippen LogP contribution >= 0.6 is 0 Å². The number of aromatic nitrogens is 3. The SMILES string of the molecule is O=C(Cc1ccc(C(F)(F)F)cc1)Nc1ncn(Cc2ccccc2)n1. The highest BCUT2D eigenvalue weighted by Gasteiger charge is 2.29. The highest BCUT2D eigenvalue weighted by Crippen LogP contribution is 2.29. The van der Waals surface area contributed by atoms with E-state index in [9.17, 15) is 18.0 Å². The average molecular weight is 360 g/mol. The van der Waals surface area contributed by atoms with Gasteiger partial charge in [-0.1, -0.05) is 42.5 Å². The standard InChI is InChI=1S/C18H15F3N4O/c19-18(20,21)15-8-6-13(7-9-15)10-16(26)23-17-22-12-25(24-17)11-14-4-2-1-3-5-14/h1-9,12H,10-11H2,(H,23,24,26). The normalized spacial score (nSPS) is 11.3. The first-order valence-electron chi connectivity index (χ1n) is 7.79. The van der Waals surface area contributed by atoms with Gasteiger partial charge in [0.25, 0.3) is 0 Å². The Balaban J connectivity index is 1.57. The lowest BCUT2D eigenvalue weighted by Gasteiger charge is -2.07. The molecule has 0 fully saturated rings. The number of halogens is 3. The summed E-state index contributed by atoms with van der Waals surface area (Å²) >= 11 is 0. The van der Waals surface area contributed by atoms with E-state index in [2.05, 4.69) is 15.4 Å². The summed E-state index contributed by atoms with van der Waals surface area (Å²) in [5, 5.41) is 6.70. The van der Waals surface area contributed by atoms with Crippen molar-refractivity contribution in [3.63, 3.8) is 0 Å². The monoisotopic (exact) mass is 360 g/mol. The summed E-state index contributed by atoms with van der Waals surface area (Å²) in [6.07, 6.45) is -2.96. The maximum Gasteiger partial charge on any atom is 0.416 e. The minimum atomic E-state index is -4.39. The number of hydrogen-bond acceptors (Lipinski definition) is 3. The van der Waals surface area contributed by atoms with E-state index in [1.165, 1.54) is 18.5 Å². The summed E-state index contributed by atoms with van der Waals surface area (Å²) < 4.78 is 39.2. The van der Waals surface area contributed by atoms with Crippen LogP contribution < -0.4 is 5.32 Å². The molecule has 3 rings (SSSR count). The van der Waals surface area contributed by atoms with E-state index < -0.39 is 17.6 Å². The van der Waals surface area contributed by atoms with Crippen LogP contribution in [0.1, 0.15) is 16.7 Å². The number of hydrogen-bond donors (Lipinski definition) is 1. The largest absolute Gasteiger partial charge is 0.416 e. The molecule has 0 bridgehead atoms. The second kappa shape index (κ2) is 7.38. The fourth-order valence-corrected chi connectivity index (χ4v) is 2.36. The molecule has 3 aromatic rings. The van der Waals surface area contributed by atoms with Crippen LogP contribution in [0.3, 0.4) is 0 Å². The zero-order valence-electron chi connectivity index (χ0n) is 13.6. The van der Waals surface area contributed by atoms with Gasteiger partial charge >= 0.3 is 6.18 Å². The predicted molar refractivity (Wildman–Crippen MR) is 89.3 cm³/mol. The summed E-state index contributed by atoms with van der Waals surface area (Å²) in [6, 6.07) is 14.1. The first-order valence-corrected chi connectivity index (χ1v) is 7.79. The van der Waals surface area contributed by atoms with Crippen molar-refractivity contribution in [1.29, 1.82) is 0 Å². The number of benzene rings is 2. The van der Waals surface area contributed by atoms with Crippen molar-refractivity contribution < 1.29 is 18.0 Å². The van der Waals surface area contributed by atoms with E-state index >= 15 is 0 Å². The number of anilines is 1. The molecule has 8 heteroatoms. The summed E-state index contributed by atoms with van der Waals surface area (Å²) in [5.74, 6) is -0.250. The molecule has 134 valence electrons. The van der Waals surface area contributed by atoms with Gasteiger partial charge < -0.3 is 0 Å². The van der Waals surface area contributed by atoms with E-state index in [0.29, 0.717) is 12.1 Å². The van der Waals surface area contributed by atoms with Gasteiger partial charge in [0.1, 0.15) is 6.33 Å². The quantitative estimate of drug-likeness (QED) is 0.757. The number of carbonyl (C=O) groups excluding carboxylic acids is 1. The van der Waals surface area contributed by atoms with E-state index in [-0.39, 0.29) is 12.4 Å². The van der Waals surface area contributed by atoms with Crippen molar-refractivity contribution in [3.8, 4) is 0 Å². The first kappa shape index (κ1) is 17.7. The molecule has 0 radical (unpaired) electrons. The molecule has 1 amide bonds. The lowest BCUT2D eigenvalue weighted by molar-refractivity contribution is -0.137. The number of nitrogens with one attached hydrogen (secondary N) is 1. The summed E-state index contributed by atoms with van der Waals surface area (Å²) in [4.78, 5) is 16.0. The lowest BCUT2D eigenvalue weighted by atomic mass is 10.1. The molecule has 0 aliphatic heterocycles. The van der Waals surface area contributed by atoms with E-state index in [4.69, 9.17) is 0 Å². The number of amides is 1. The van der Waals surface area contributed by atoms with Crippen LogP contribution in [0.25, 0.3) is 0 Å². The van der Waals surface area contributed by atoms with Gasteiger partial charge in [0.15, 0.2) is 0 Å². The second-order valence-electron chi connectivity index (χ2n) is 5.67.